The number of aromatic nitrogens is 1. The third-order valence-electron chi connectivity index (χ3n) is 3.12. The summed E-state index contributed by atoms with van der Waals surface area (Å²) in [6.45, 7) is 0.699. The summed E-state index contributed by atoms with van der Waals surface area (Å²) >= 11 is 0. The highest BCUT2D eigenvalue weighted by Crippen LogP contribution is 2.14. The number of carbonyl (C=O) groups is 1. The van der Waals surface area contributed by atoms with Crippen LogP contribution in [0, 0.1) is 5.21 Å². The van der Waals surface area contributed by atoms with E-state index in [1.54, 1.807) is 0 Å². The van der Waals surface area contributed by atoms with Gasteiger partial charge in [0, 0.05) is 18.7 Å². The van der Waals surface area contributed by atoms with Gasteiger partial charge in [0.15, 0.2) is 12.4 Å². The molecular weight excluding hydrogens is 266 g/mol. The van der Waals surface area contributed by atoms with Crippen LogP contribution in [0.3, 0.4) is 0 Å². The number of benzene rings is 1. The maximum absolute atomic E-state index is 12.3. The summed E-state index contributed by atoms with van der Waals surface area (Å²) in [5.41, 5.74) is 1.52. The van der Waals surface area contributed by atoms with E-state index >= 15 is 0 Å². The fourth-order valence-corrected chi connectivity index (χ4v) is 2.09. The molecule has 1 atom stereocenters. The zero-order valence-electron chi connectivity index (χ0n) is 12.2. The molecule has 1 N–H and O–H groups in total. The molecule has 21 heavy (non-hydrogen) atoms. The molecule has 0 aliphatic rings. The predicted octanol–water partition coefficient (Wildman–Crippen LogP) is 1.35. The lowest BCUT2D eigenvalue weighted by molar-refractivity contribution is -0.605. The van der Waals surface area contributed by atoms with Crippen LogP contribution < -0.4 is 10.0 Å². The molecule has 0 aliphatic carbocycles. The average molecular weight is 285 g/mol. The van der Waals surface area contributed by atoms with E-state index in [9.17, 15) is 10.0 Å². The number of hydrogen-bond donors (Lipinski definition) is 1. The minimum atomic E-state index is -0.189. The molecule has 1 unspecified atom stereocenters. The number of pyridine rings is 1. The first-order valence-electron chi connectivity index (χ1n) is 6.75. The molecule has 0 spiro atoms. The van der Waals surface area contributed by atoms with Crippen molar-refractivity contribution >= 4 is 5.91 Å². The molecule has 0 aliphatic heterocycles. The summed E-state index contributed by atoms with van der Waals surface area (Å²) in [5.74, 6) is -0.189. The number of amides is 1. The van der Waals surface area contributed by atoms with Gasteiger partial charge in [-0.3, -0.25) is 4.79 Å². The smallest absolute Gasteiger partial charge is 0.252 e. The standard InChI is InChI=1S/C16H19N3O2/c1-18(2)12-15(13-6-4-3-5-7-13)17-16(20)14-8-10-19(21)11-9-14/h3-11,15H,12H2,1-2H3,(H,17,20). The van der Waals surface area contributed by atoms with Crippen molar-refractivity contribution in [1.82, 2.24) is 10.2 Å². The van der Waals surface area contributed by atoms with Gasteiger partial charge >= 0.3 is 0 Å². The number of carbonyl (C=O) groups excluding carboxylic acids is 1. The van der Waals surface area contributed by atoms with Crippen LogP contribution in [0.25, 0.3) is 0 Å². The second-order valence-electron chi connectivity index (χ2n) is 5.15. The molecule has 1 aromatic carbocycles. The maximum Gasteiger partial charge on any atom is 0.252 e. The van der Waals surface area contributed by atoms with Gasteiger partial charge in [0.2, 0.25) is 0 Å². The summed E-state index contributed by atoms with van der Waals surface area (Å²) in [4.78, 5) is 14.3. The largest absolute Gasteiger partial charge is 0.619 e. The van der Waals surface area contributed by atoms with Crippen molar-refractivity contribution in [1.29, 1.82) is 0 Å². The van der Waals surface area contributed by atoms with Gasteiger partial charge in [0.05, 0.1) is 11.6 Å². The Bertz CT molecular complexity index is 582. The molecule has 0 radical (unpaired) electrons. The van der Waals surface area contributed by atoms with Crippen LogP contribution in [0.2, 0.25) is 0 Å². The number of nitrogens with one attached hydrogen (secondary N) is 1. The highest BCUT2D eigenvalue weighted by atomic mass is 16.5. The van der Waals surface area contributed by atoms with Crippen LogP contribution in [0.5, 0.6) is 0 Å². The molecule has 0 saturated carbocycles. The summed E-state index contributed by atoms with van der Waals surface area (Å²) < 4.78 is 0.658. The Balaban J connectivity index is 2.15. The number of nitrogens with zero attached hydrogens (tertiary/aromatic N) is 2. The molecule has 2 aromatic rings. The van der Waals surface area contributed by atoms with Crippen LogP contribution in [0.4, 0.5) is 0 Å². The monoisotopic (exact) mass is 285 g/mol. The molecule has 5 heteroatoms. The van der Waals surface area contributed by atoms with Crippen molar-refractivity contribution in [3.63, 3.8) is 0 Å². The SMILES string of the molecule is CN(C)CC(NC(=O)c1cc[n+]([O-])cc1)c1ccccc1. The van der Waals surface area contributed by atoms with Crippen LogP contribution in [0.1, 0.15) is 22.0 Å². The Hall–Kier alpha value is -2.40. The zero-order valence-corrected chi connectivity index (χ0v) is 12.2. The van der Waals surface area contributed by atoms with Gasteiger partial charge in [-0.1, -0.05) is 30.3 Å². The molecule has 0 bridgehead atoms. The molecule has 1 aromatic heterocycles. The molecule has 0 saturated heterocycles. The lowest BCUT2D eigenvalue weighted by atomic mass is 10.1. The van der Waals surface area contributed by atoms with Crippen molar-refractivity contribution in [2.45, 2.75) is 6.04 Å². The van der Waals surface area contributed by atoms with Crippen LogP contribution >= 0.6 is 0 Å². The van der Waals surface area contributed by atoms with Gasteiger partial charge in [-0.15, -0.1) is 0 Å². The predicted molar refractivity (Wildman–Crippen MR) is 80.6 cm³/mol. The van der Waals surface area contributed by atoms with E-state index in [4.69, 9.17) is 0 Å². The van der Waals surface area contributed by atoms with E-state index in [1.807, 2.05) is 49.3 Å². The van der Waals surface area contributed by atoms with E-state index in [1.165, 1.54) is 24.5 Å². The van der Waals surface area contributed by atoms with E-state index in [0.29, 0.717) is 16.8 Å². The first-order valence-corrected chi connectivity index (χ1v) is 6.75. The third-order valence-corrected chi connectivity index (χ3v) is 3.12. The summed E-state index contributed by atoms with van der Waals surface area (Å²) in [7, 11) is 3.93. The normalized spacial score (nSPS) is 12.1. The summed E-state index contributed by atoms with van der Waals surface area (Å²) in [6.07, 6.45) is 2.64. The number of likely N-dealkylation sites (N-methyl/N-ethyl adjacent to an activating group) is 1. The average Bonchev–Trinajstić information content (AvgIpc) is 2.47. The lowest BCUT2D eigenvalue weighted by Gasteiger charge is -2.22. The van der Waals surface area contributed by atoms with Gasteiger partial charge in [0.1, 0.15) is 0 Å². The number of rotatable bonds is 5. The van der Waals surface area contributed by atoms with Crippen molar-refractivity contribution in [3.8, 4) is 0 Å². The Morgan fingerprint density at radius 3 is 2.38 bits per heavy atom. The molecule has 5 nitrogen and oxygen atoms in total. The van der Waals surface area contributed by atoms with Gasteiger partial charge < -0.3 is 15.4 Å². The van der Waals surface area contributed by atoms with Gasteiger partial charge in [-0.2, -0.15) is 4.73 Å². The second-order valence-corrected chi connectivity index (χ2v) is 5.15. The fourth-order valence-electron chi connectivity index (χ4n) is 2.09. The van der Waals surface area contributed by atoms with Crippen molar-refractivity contribution in [3.05, 3.63) is 71.2 Å². The van der Waals surface area contributed by atoms with E-state index in [2.05, 4.69) is 5.32 Å². The highest BCUT2D eigenvalue weighted by Gasteiger charge is 2.16. The quantitative estimate of drug-likeness (QED) is 0.666. The highest BCUT2D eigenvalue weighted by molar-refractivity contribution is 5.94. The van der Waals surface area contributed by atoms with Crippen LogP contribution in [-0.4, -0.2) is 31.4 Å². The van der Waals surface area contributed by atoms with Crippen LogP contribution in [0.15, 0.2) is 54.9 Å². The lowest BCUT2D eigenvalue weighted by Crippen LogP contribution is -2.35. The first-order chi connectivity index (χ1) is 10.1. The maximum atomic E-state index is 12.3. The topological polar surface area (TPSA) is 59.3 Å². The van der Waals surface area contributed by atoms with E-state index in [-0.39, 0.29) is 11.9 Å². The van der Waals surface area contributed by atoms with E-state index in [0.717, 1.165) is 5.56 Å². The second kappa shape index (κ2) is 6.85. The third kappa shape index (κ3) is 4.29. The van der Waals surface area contributed by atoms with Gasteiger partial charge in [-0.05, 0) is 19.7 Å². The minimum Gasteiger partial charge on any atom is -0.619 e. The molecule has 1 amide bonds. The van der Waals surface area contributed by atoms with E-state index < -0.39 is 0 Å². The Morgan fingerprint density at radius 2 is 1.81 bits per heavy atom. The van der Waals surface area contributed by atoms with Crippen molar-refractivity contribution in [2.24, 2.45) is 0 Å². The molecule has 1 heterocycles. The summed E-state index contributed by atoms with van der Waals surface area (Å²) in [6, 6.07) is 12.8. The molecule has 2 rings (SSSR count). The molecular formula is C16H19N3O2. The summed E-state index contributed by atoms with van der Waals surface area (Å²) in [5, 5.41) is 14.0. The zero-order chi connectivity index (χ0) is 15.2. The van der Waals surface area contributed by atoms with Crippen molar-refractivity contribution < 1.29 is 9.52 Å². The minimum absolute atomic E-state index is 0.103. The Morgan fingerprint density at radius 1 is 1.19 bits per heavy atom. The first kappa shape index (κ1) is 15.0. The number of hydrogen-bond acceptors (Lipinski definition) is 3. The molecule has 0 fully saturated rings. The Kier molecular flexibility index (Phi) is 4.90. The van der Waals surface area contributed by atoms with Gasteiger partial charge in [-0.25, -0.2) is 0 Å². The van der Waals surface area contributed by atoms with Crippen molar-refractivity contribution in [2.75, 3.05) is 20.6 Å². The van der Waals surface area contributed by atoms with Crippen LogP contribution in [-0.2, 0) is 0 Å². The Labute approximate surface area is 124 Å². The molecule has 110 valence electrons. The van der Waals surface area contributed by atoms with Gasteiger partial charge in [0.25, 0.3) is 5.91 Å². The fraction of sp³-hybridized carbons (Fsp3) is 0.250.